The number of amides is 1. The number of aryl methyl sites for hydroxylation is 2. The fourth-order valence-electron chi connectivity index (χ4n) is 2.65. The number of carbonyl (C=O) groups is 1. The summed E-state index contributed by atoms with van der Waals surface area (Å²) in [5, 5.41) is 10.00. The molecule has 2 rings (SSSR count). The molecule has 0 saturated heterocycles. The highest BCUT2D eigenvalue weighted by Crippen LogP contribution is 2.23. The van der Waals surface area contributed by atoms with Gasteiger partial charge in [0.15, 0.2) is 4.77 Å². The molecule has 0 aliphatic rings. The normalized spacial score (nSPS) is 12.6. The fraction of sp³-hybridized carbons (Fsp3) is 0.562. The van der Waals surface area contributed by atoms with Crippen LogP contribution in [0.25, 0.3) is 0 Å². The molecule has 0 aliphatic heterocycles. The number of hydrogen-bond acceptors (Lipinski definition) is 4. The van der Waals surface area contributed by atoms with Crippen molar-refractivity contribution in [2.45, 2.75) is 53.0 Å². The lowest BCUT2D eigenvalue weighted by Crippen LogP contribution is -2.31. The van der Waals surface area contributed by atoms with Crippen molar-refractivity contribution in [2.75, 3.05) is 6.54 Å². The predicted octanol–water partition coefficient (Wildman–Crippen LogP) is 3.19. The van der Waals surface area contributed by atoms with Crippen molar-refractivity contribution in [1.29, 1.82) is 0 Å². The molecule has 2 aromatic heterocycles. The smallest absolute Gasteiger partial charge is 0.227 e. The third-order valence-corrected chi connectivity index (χ3v) is 4.19. The van der Waals surface area contributed by atoms with Gasteiger partial charge in [0.1, 0.15) is 17.3 Å². The molecule has 2 N–H and O–H groups in total. The average molecular weight is 336 g/mol. The summed E-state index contributed by atoms with van der Waals surface area (Å²) in [6, 6.07) is 1.92. The van der Waals surface area contributed by atoms with Crippen molar-refractivity contribution in [2.24, 2.45) is 0 Å². The summed E-state index contributed by atoms with van der Waals surface area (Å²) in [4.78, 5) is 12.3. The van der Waals surface area contributed by atoms with E-state index in [0.29, 0.717) is 17.9 Å². The van der Waals surface area contributed by atoms with Crippen LogP contribution in [0.3, 0.4) is 0 Å². The molecule has 2 heterocycles. The van der Waals surface area contributed by atoms with Gasteiger partial charge in [0.2, 0.25) is 5.91 Å². The van der Waals surface area contributed by atoms with Gasteiger partial charge in [-0.1, -0.05) is 13.8 Å². The maximum absolute atomic E-state index is 12.3. The van der Waals surface area contributed by atoms with Gasteiger partial charge < -0.3 is 14.3 Å². The van der Waals surface area contributed by atoms with Crippen LogP contribution in [-0.4, -0.2) is 27.2 Å². The lowest BCUT2D eigenvalue weighted by Gasteiger charge is -2.13. The highest BCUT2D eigenvalue weighted by Gasteiger charge is 2.20. The molecule has 0 spiro atoms. The molecule has 0 bridgehead atoms. The van der Waals surface area contributed by atoms with Crippen molar-refractivity contribution in [3.8, 4) is 0 Å². The number of H-pyrrole nitrogens is 1. The van der Waals surface area contributed by atoms with Gasteiger partial charge in [0.25, 0.3) is 0 Å². The van der Waals surface area contributed by atoms with Gasteiger partial charge in [0.05, 0.1) is 5.92 Å². The van der Waals surface area contributed by atoms with Crippen molar-refractivity contribution >= 4 is 18.1 Å². The number of rotatable bonds is 6. The summed E-state index contributed by atoms with van der Waals surface area (Å²) in [5.74, 6) is 2.53. The Bertz CT molecular complexity index is 742. The molecule has 0 unspecified atom stereocenters. The van der Waals surface area contributed by atoms with Crippen molar-refractivity contribution in [3.05, 3.63) is 33.7 Å². The van der Waals surface area contributed by atoms with Crippen LogP contribution in [0.5, 0.6) is 0 Å². The zero-order valence-electron chi connectivity index (χ0n) is 14.3. The summed E-state index contributed by atoms with van der Waals surface area (Å²) < 4.78 is 8.01. The minimum atomic E-state index is -0.241. The van der Waals surface area contributed by atoms with E-state index < -0.39 is 0 Å². The minimum Gasteiger partial charge on any atom is -0.466 e. The van der Waals surface area contributed by atoms with Gasteiger partial charge in [-0.15, -0.1) is 0 Å². The van der Waals surface area contributed by atoms with Gasteiger partial charge in [-0.25, -0.2) is 0 Å². The Balaban J connectivity index is 1.96. The summed E-state index contributed by atoms with van der Waals surface area (Å²) in [6.45, 7) is 10.9. The number of hydrogen-bond donors (Lipinski definition) is 2. The molecule has 0 saturated carbocycles. The molecule has 126 valence electrons. The highest BCUT2D eigenvalue weighted by atomic mass is 32.1. The van der Waals surface area contributed by atoms with Gasteiger partial charge in [-0.05, 0) is 39.1 Å². The third-order valence-electron chi connectivity index (χ3n) is 3.88. The van der Waals surface area contributed by atoms with Gasteiger partial charge in [0, 0.05) is 24.6 Å². The second-order valence-electron chi connectivity index (χ2n) is 6.07. The summed E-state index contributed by atoms with van der Waals surface area (Å²) in [6.07, 6.45) is 0. The van der Waals surface area contributed by atoms with Crippen molar-refractivity contribution in [3.63, 3.8) is 0 Å². The fourth-order valence-corrected chi connectivity index (χ4v) is 2.88. The number of carbonyl (C=O) groups excluding carboxylic acids is 1. The second-order valence-corrected chi connectivity index (χ2v) is 6.46. The molecular formula is C16H24N4O2S. The highest BCUT2D eigenvalue weighted by molar-refractivity contribution is 7.71. The monoisotopic (exact) mass is 336 g/mol. The van der Waals surface area contributed by atoms with Crippen LogP contribution in [0, 0.1) is 18.6 Å². The van der Waals surface area contributed by atoms with E-state index in [1.807, 2.05) is 31.4 Å². The summed E-state index contributed by atoms with van der Waals surface area (Å²) in [5.41, 5.74) is 0.933. The maximum atomic E-state index is 12.3. The molecule has 0 aromatic carbocycles. The third kappa shape index (κ3) is 3.90. The first kappa shape index (κ1) is 17.5. The van der Waals surface area contributed by atoms with E-state index in [0.717, 1.165) is 22.9 Å². The van der Waals surface area contributed by atoms with Crippen LogP contribution in [-0.2, 0) is 11.3 Å². The molecule has 6 nitrogen and oxygen atoms in total. The van der Waals surface area contributed by atoms with Crippen LogP contribution >= 0.6 is 12.2 Å². The van der Waals surface area contributed by atoms with Crippen LogP contribution < -0.4 is 5.32 Å². The molecule has 0 fully saturated rings. The van der Waals surface area contributed by atoms with E-state index in [9.17, 15) is 4.79 Å². The van der Waals surface area contributed by atoms with E-state index >= 15 is 0 Å². The van der Waals surface area contributed by atoms with E-state index in [1.54, 1.807) is 0 Å². The predicted molar refractivity (Wildman–Crippen MR) is 91.1 cm³/mol. The average Bonchev–Trinajstić information content (AvgIpc) is 3.01. The first-order valence-corrected chi connectivity index (χ1v) is 8.21. The molecule has 23 heavy (non-hydrogen) atoms. The van der Waals surface area contributed by atoms with Crippen molar-refractivity contribution in [1.82, 2.24) is 20.1 Å². The zero-order chi connectivity index (χ0) is 17.1. The minimum absolute atomic E-state index is 0.0185. The maximum Gasteiger partial charge on any atom is 0.227 e. The standard InChI is InChI=1S/C16H24N4O2S/c1-9(2)14-18-19-16(23)20(14)7-6-17-15(21)11(4)13-8-10(3)22-12(13)5/h8-9,11H,6-7H2,1-5H3,(H,17,21)(H,19,23)/t11-/m1/s1. The number of aromatic nitrogens is 3. The SMILES string of the molecule is Cc1cc([C@@H](C)C(=O)NCCn2c(C(C)C)n[nH]c2=S)c(C)o1. The van der Waals surface area contributed by atoms with Crippen LogP contribution in [0.1, 0.15) is 55.5 Å². The Morgan fingerprint density at radius 1 is 1.43 bits per heavy atom. The lowest BCUT2D eigenvalue weighted by atomic mass is 10.0. The number of nitrogens with zero attached hydrogens (tertiary/aromatic N) is 2. The van der Waals surface area contributed by atoms with E-state index in [2.05, 4.69) is 29.4 Å². The van der Waals surface area contributed by atoms with E-state index in [1.165, 1.54) is 0 Å². The Morgan fingerprint density at radius 2 is 2.13 bits per heavy atom. The lowest BCUT2D eigenvalue weighted by molar-refractivity contribution is -0.122. The van der Waals surface area contributed by atoms with Crippen LogP contribution in [0.2, 0.25) is 0 Å². The zero-order valence-corrected chi connectivity index (χ0v) is 15.1. The Labute approximate surface area is 141 Å². The first-order valence-electron chi connectivity index (χ1n) is 7.81. The first-order chi connectivity index (χ1) is 10.8. The van der Waals surface area contributed by atoms with Crippen molar-refractivity contribution < 1.29 is 9.21 Å². The molecule has 7 heteroatoms. The molecule has 2 aromatic rings. The number of nitrogens with one attached hydrogen (secondary N) is 2. The van der Waals surface area contributed by atoms with Crippen LogP contribution in [0.15, 0.2) is 10.5 Å². The second kappa shape index (κ2) is 7.12. The topological polar surface area (TPSA) is 75.8 Å². The Hall–Kier alpha value is -1.89. The van der Waals surface area contributed by atoms with Gasteiger partial charge in [-0.3, -0.25) is 9.89 Å². The molecule has 0 radical (unpaired) electrons. The molecular weight excluding hydrogens is 312 g/mol. The van der Waals surface area contributed by atoms with E-state index in [-0.39, 0.29) is 17.7 Å². The Morgan fingerprint density at radius 3 is 2.70 bits per heavy atom. The summed E-state index contributed by atoms with van der Waals surface area (Å²) in [7, 11) is 0. The molecule has 1 atom stereocenters. The van der Waals surface area contributed by atoms with Gasteiger partial charge in [-0.2, -0.15) is 5.10 Å². The molecule has 1 amide bonds. The van der Waals surface area contributed by atoms with Gasteiger partial charge >= 0.3 is 0 Å². The largest absolute Gasteiger partial charge is 0.466 e. The van der Waals surface area contributed by atoms with Crippen LogP contribution in [0.4, 0.5) is 0 Å². The number of furan rings is 1. The molecule has 0 aliphatic carbocycles. The quantitative estimate of drug-likeness (QED) is 0.794. The number of aromatic amines is 1. The summed E-state index contributed by atoms with van der Waals surface area (Å²) >= 11 is 5.24. The van der Waals surface area contributed by atoms with E-state index in [4.69, 9.17) is 16.6 Å². The Kier molecular flexibility index (Phi) is 5.41.